The Bertz CT molecular complexity index is 1100. The first-order valence-electron chi connectivity index (χ1n) is 9.03. The molecule has 0 bridgehead atoms. The molecular weight excluding hydrogens is 397 g/mol. The van der Waals surface area contributed by atoms with Gasteiger partial charge in [-0.25, -0.2) is 22.8 Å². The summed E-state index contributed by atoms with van der Waals surface area (Å²) >= 11 is 0. The van der Waals surface area contributed by atoms with E-state index in [1.165, 1.54) is 29.9 Å². The zero-order valence-electron chi connectivity index (χ0n) is 15.8. The summed E-state index contributed by atoms with van der Waals surface area (Å²) < 4.78 is 48.0. The number of nitrogens with zero attached hydrogens (tertiary/aromatic N) is 5. The van der Waals surface area contributed by atoms with Crippen LogP contribution in [0.25, 0.3) is 5.82 Å². The molecule has 0 atom stereocenters. The summed E-state index contributed by atoms with van der Waals surface area (Å²) in [6, 6.07) is 9.17. The summed E-state index contributed by atoms with van der Waals surface area (Å²) in [5.41, 5.74) is 0. The fourth-order valence-electron chi connectivity index (χ4n) is 3.29. The van der Waals surface area contributed by atoms with Gasteiger partial charge < -0.3 is 14.2 Å². The van der Waals surface area contributed by atoms with Crippen molar-refractivity contribution in [3.05, 3.63) is 60.9 Å². The van der Waals surface area contributed by atoms with E-state index in [-0.39, 0.29) is 23.7 Å². The number of methoxy groups -OCH3 is 1. The van der Waals surface area contributed by atoms with E-state index < -0.39 is 15.8 Å². The number of halogens is 1. The molecule has 3 aromatic rings. The third-order valence-corrected chi connectivity index (χ3v) is 6.73. The van der Waals surface area contributed by atoms with Gasteiger partial charge in [0.25, 0.3) is 0 Å². The molecule has 1 saturated heterocycles. The molecule has 29 heavy (non-hydrogen) atoms. The first-order chi connectivity index (χ1) is 14.0. The van der Waals surface area contributed by atoms with E-state index in [4.69, 9.17) is 4.74 Å². The minimum absolute atomic E-state index is 0.126. The highest BCUT2D eigenvalue weighted by molar-refractivity contribution is 7.89. The van der Waals surface area contributed by atoms with Gasteiger partial charge >= 0.3 is 0 Å². The third-order valence-electron chi connectivity index (χ3n) is 4.81. The van der Waals surface area contributed by atoms with Crippen LogP contribution in [0.5, 0.6) is 5.75 Å². The van der Waals surface area contributed by atoms with E-state index >= 15 is 0 Å². The lowest BCUT2D eigenvalue weighted by Gasteiger charge is -2.34. The van der Waals surface area contributed by atoms with Crippen LogP contribution in [0.4, 0.5) is 10.2 Å². The van der Waals surface area contributed by atoms with Crippen LogP contribution in [0, 0.1) is 5.82 Å². The van der Waals surface area contributed by atoms with Gasteiger partial charge in [0.05, 0.1) is 7.11 Å². The van der Waals surface area contributed by atoms with Crippen LogP contribution in [0.15, 0.2) is 60.0 Å². The Balaban J connectivity index is 1.51. The molecule has 10 heteroatoms. The molecule has 152 valence electrons. The first-order valence-corrected chi connectivity index (χ1v) is 10.5. The third kappa shape index (κ3) is 3.81. The van der Waals surface area contributed by atoms with Crippen molar-refractivity contribution in [1.82, 2.24) is 18.8 Å². The predicted molar refractivity (Wildman–Crippen MR) is 105 cm³/mol. The Morgan fingerprint density at radius 2 is 1.69 bits per heavy atom. The number of hydrogen-bond donors (Lipinski definition) is 0. The Labute approximate surface area is 168 Å². The highest BCUT2D eigenvalue weighted by Gasteiger charge is 2.31. The summed E-state index contributed by atoms with van der Waals surface area (Å²) in [6.07, 6.45) is 5.28. The molecule has 2 aromatic heterocycles. The molecule has 1 aromatic carbocycles. The van der Waals surface area contributed by atoms with Crippen LogP contribution >= 0.6 is 0 Å². The average Bonchev–Trinajstić information content (AvgIpc) is 3.29. The van der Waals surface area contributed by atoms with Crippen LogP contribution < -0.4 is 9.64 Å². The quantitative estimate of drug-likeness (QED) is 0.631. The monoisotopic (exact) mass is 417 g/mol. The van der Waals surface area contributed by atoms with E-state index in [0.29, 0.717) is 13.1 Å². The fourth-order valence-corrected chi connectivity index (χ4v) is 4.88. The molecule has 0 spiro atoms. The Hall–Kier alpha value is -2.98. The topological polar surface area (TPSA) is 80.6 Å². The number of hydrogen-bond acceptors (Lipinski definition) is 6. The van der Waals surface area contributed by atoms with Gasteiger partial charge in [0, 0.05) is 44.6 Å². The maximum Gasteiger partial charge on any atom is 0.246 e. The molecule has 4 rings (SSSR count). The number of anilines is 1. The normalized spacial score (nSPS) is 15.4. The van der Waals surface area contributed by atoms with Gasteiger partial charge in [0.15, 0.2) is 0 Å². The molecule has 1 fully saturated rings. The molecule has 0 aliphatic carbocycles. The number of aromatic nitrogens is 3. The smallest absolute Gasteiger partial charge is 0.246 e. The van der Waals surface area contributed by atoms with Gasteiger partial charge in [-0.05, 0) is 30.3 Å². The molecule has 0 unspecified atom stereocenters. The fraction of sp³-hybridized carbons (Fsp3) is 0.263. The SMILES string of the molecule is COc1ccc(F)cc1S(=O)(=O)N1CCN(c2cc(-n3cccc3)ncn2)CC1. The van der Waals surface area contributed by atoms with Gasteiger partial charge in [-0.3, -0.25) is 0 Å². The molecule has 1 aliphatic rings. The lowest BCUT2D eigenvalue weighted by Crippen LogP contribution is -2.49. The number of rotatable bonds is 5. The lowest BCUT2D eigenvalue weighted by molar-refractivity contribution is 0.372. The minimum Gasteiger partial charge on any atom is -0.495 e. The van der Waals surface area contributed by atoms with Crippen molar-refractivity contribution in [2.45, 2.75) is 4.90 Å². The molecule has 0 N–H and O–H groups in total. The highest BCUT2D eigenvalue weighted by atomic mass is 32.2. The number of ether oxygens (including phenoxy) is 1. The molecular formula is C19H20FN5O3S. The van der Waals surface area contributed by atoms with Crippen molar-refractivity contribution in [2.75, 3.05) is 38.2 Å². The number of piperazine rings is 1. The predicted octanol–water partition coefficient (Wildman–Crippen LogP) is 1.93. The van der Waals surface area contributed by atoms with Gasteiger partial charge in [-0.15, -0.1) is 0 Å². The molecule has 0 saturated carbocycles. The first kappa shape index (κ1) is 19.3. The van der Waals surface area contributed by atoms with Crippen molar-refractivity contribution in [2.24, 2.45) is 0 Å². The standard InChI is InChI=1S/C19H20FN5O3S/c1-28-16-5-4-15(20)12-17(16)29(26,27)25-10-8-24(9-11-25)19-13-18(21-14-22-19)23-6-2-3-7-23/h2-7,12-14H,8-11H2,1H3. The summed E-state index contributed by atoms with van der Waals surface area (Å²) in [7, 11) is -2.51. The Morgan fingerprint density at radius 3 is 2.38 bits per heavy atom. The molecule has 0 amide bonds. The second-order valence-electron chi connectivity index (χ2n) is 6.51. The Morgan fingerprint density at radius 1 is 1.00 bits per heavy atom. The molecule has 8 nitrogen and oxygen atoms in total. The van der Waals surface area contributed by atoms with Crippen molar-refractivity contribution in [3.8, 4) is 11.6 Å². The summed E-state index contributed by atoms with van der Waals surface area (Å²) in [4.78, 5) is 10.4. The van der Waals surface area contributed by atoms with Gasteiger partial charge in [0.1, 0.15) is 34.4 Å². The average molecular weight is 417 g/mol. The van der Waals surface area contributed by atoms with Gasteiger partial charge in [-0.1, -0.05) is 0 Å². The van der Waals surface area contributed by atoms with Crippen molar-refractivity contribution >= 4 is 15.8 Å². The van der Waals surface area contributed by atoms with Crippen LogP contribution in [-0.4, -0.2) is 60.5 Å². The van der Waals surface area contributed by atoms with Crippen LogP contribution in [0.1, 0.15) is 0 Å². The van der Waals surface area contributed by atoms with Crippen molar-refractivity contribution in [3.63, 3.8) is 0 Å². The maximum atomic E-state index is 13.7. The number of benzene rings is 1. The largest absolute Gasteiger partial charge is 0.495 e. The van der Waals surface area contributed by atoms with Crippen LogP contribution in [0.2, 0.25) is 0 Å². The lowest BCUT2D eigenvalue weighted by atomic mass is 10.3. The van der Waals surface area contributed by atoms with Crippen molar-refractivity contribution in [1.29, 1.82) is 0 Å². The van der Waals surface area contributed by atoms with E-state index in [0.717, 1.165) is 17.7 Å². The summed E-state index contributed by atoms with van der Waals surface area (Å²) in [6.45, 7) is 1.42. The minimum atomic E-state index is -3.87. The highest BCUT2D eigenvalue weighted by Crippen LogP contribution is 2.28. The maximum absolute atomic E-state index is 13.7. The van der Waals surface area contributed by atoms with Crippen molar-refractivity contribution < 1.29 is 17.5 Å². The summed E-state index contributed by atoms with van der Waals surface area (Å²) in [5.74, 6) is 0.964. The van der Waals surface area contributed by atoms with Gasteiger partial charge in [0.2, 0.25) is 10.0 Å². The zero-order valence-corrected chi connectivity index (χ0v) is 16.6. The second kappa shape index (κ2) is 7.80. The van der Waals surface area contributed by atoms with E-state index in [9.17, 15) is 12.8 Å². The van der Waals surface area contributed by atoms with Crippen LogP contribution in [0.3, 0.4) is 0 Å². The van der Waals surface area contributed by atoms with Crippen LogP contribution in [-0.2, 0) is 10.0 Å². The van der Waals surface area contributed by atoms with E-state index in [1.54, 1.807) is 0 Å². The molecule has 3 heterocycles. The zero-order chi connectivity index (χ0) is 20.4. The summed E-state index contributed by atoms with van der Waals surface area (Å²) in [5, 5.41) is 0. The molecule has 1 aliphatic heterocycles. The van der Waals surface area contributed by atoms with E-state index in [2.05, 4.69) is 9.97 Å². The Kier molecular flexibility index (Phi) is 5.20. The number of sulfonamides is 1. The molecule has 0 radical (unpaired) electrons. The second-order valence-corrected chi connectivity index (χ2v) is 8.42. The van der Waals surface area contributed by atoms with E-state index in [1.807, 2.05) is 40.1 Å². The van der Waals surface area contributed by atoms with Gasteiger partial charge in [-0.2, -0.15) is 4.31 Å².